The number of ether oxygens (including phenoxy) is 1. The SMILES string of the molecule is COc1ccc(C2=NN(C(N)=S)C(c3ccc(Cl)cc3)C2)cc1S(N)(=O)=O. The molecule has 0 bridgehead atoms. The molecule has 0 radical (unpaired) electrons. The predicted octanol–water partition coefficient (Wildman–Crippen LogP) is 2.39. The number of hydrogen-bond donors (Lipinski definition) is 2. The van der Waals surface area contributed by atoms with Gasteiger partial charge in [0, 0.05) is 11.4 Å². The first-order valence-electron chi connectivity index (χ1n) is 7.83. The fraction of sp³-hybridized carbons (Fsp3) is 0.176. The van der Waals surface area contributed by atoms with Crippen molar-refractivity contribution in [3.63, 3.8) is 0 Å². The van der Waals surface area contributed by atoms with Gasteiger partial charge in [0.25, 0.3) is 0 Å². The molecule has 0 fully saturated rings. The van der Waals surface area contributed by atoms with E-state index in [-0.39, 0.29) is 21.8 Å². The van der Waals surface area contributed by atoms with Gasteiger partial charge in [0.2, 0.25) is 10.0 Å². The third-order valence-electron chi connectivity index (χ3n) is 4.19. The van der Waals surface area contributed by atoms with Gasteiger partial charge in [-0.3, -0.25) is 0 Å². The number of nitrogens with two attached hydrogens (primary N) is 2. The molecular formula is C17H17ClN4O3S2. The second kappa shape index (κ2) is 7.43. The van der Waals surface area contributed by atoms with E-state index in [0.29, 0.717) is 22.7 Å². The predicted molar refractivity (Wildman–Crippen MR) is 108 cm³/mol. The summed E-state index contributed by atoms with van der Waals surface area (Å²) in [5.41, 5.74) is 7.99. The van der Waals surface area contributed by atoms with Crippen LogP contribution in [0.5, 0.6) is 5.75 Å². The van der Waals surface area contributed by atoms with Gasteiger partial charge in [0.15, 0.2) is 5.11 Å². The topological polar surface area (TPSA) is 111 Å². The van der Waals surface area contributed by atoms with E-state index in [1.54, 1.807) is 24.3 Å². The lowest BCUT2D eigenvalue weighted by Gasteiger charge is -2.21. The number of methoxy groups -OCH3 is 1. The van der Waals surface area contributed by atoms with Crippen LogP contribution in [0.1, 0.15) is 23.6 Å². The highest BCUT2D eigenvalue weighted by Crippen LogP contribution is 2.34. The summed E-state index contributed by atoms with van der Waals surface area (Å²) in [6, 6.07) is 11.8. The monoisotopic (exact) mass is 424 g/mol. The van der Waals surface area contributed by atoms with E-state index in [4.69, 9.17) is 39.4 Å². The number of hydrogen-bond acceptors (Lipinski definition) is 5. The van der Waals surface area contributed by atoms with Crippen LogP contribution >= 0.6 is 23.8 Å². The Balaban J connectivity index is 2.01. The molecule has 0 amide bonds. The number of thiocarbonyl (C=S) groups is 1. The van der Waals surface area contributed by atoms with Crippen LogP contribution in [0, 0.1) is 0 Å². The molecule has 27 heavy (non-hydrogen) atoms. The third-order valence-corrected chi connectivity index (χ3v) is 5.57. The van der Waals surface area contributed by atoms with E-state index in [1.165, 1.54) is 18.2 Å². The van der Waals surface area contributed by atoms with Crippen LogP contribution in [0.25, 0.3) is 0 Å². The molecule has 2 aromatic carbocycles. The molecule has 142 valence electrons. The molecule has 10 heteroatoms. The van der Waals surface area contributed by atoms with E-state index in [9.17, 15) is 8.42 Å². The minimum absolute atomic E-state index is 0.109. The molecule has 4 N–H and O–H groups in total. The fourth-order valence-corrected chi connectivity index (χ4v) is 3.93. The van der Waals surface area contributed by atoms with Gasteiger partial charge in [-0.25, -0.2) is 18.6 Å². The molecular weight excluding hydrogens is 408 g/mol. The van der Waals surface area contributed by atoms with Crippen molar-refractivity contribution in [2.24, 2.45) is 16.0 Å². The van der Waals surface area contributed by atoms with Gasteiger partial charge in [-0.1, -0.05) is 23.7 Å². The quantitative estimate of drug-likeness (QED) is 0.729. The number of primary sulfonamides is 1. The largest absolute Gasteiger partial charge is 0.495 e. The summed E-state index contributed by atoms with van der Waals surface area (Å²) in [6.07, 6.45) is 0.482. The summed E-state index contributed by atoms with van der Waals surface area (Å²) in [4.78, 5) is -0.109. The maximum Gasteiger partial charge on any atom is 0.241 e. The van der Waals surface area contributed by atoms with Crippen molar-refractivity contribution in [3.05, 3.63) is 58.6 Å². The Hall–Kier alpha value is -2.20. The summed E-state index contributed by atoms with van der Waals surface area (Å²) in [5, 5.41) is 12.1. The second-order valence-corrected chi connectivity index (χ2v) is 8.30. The van der Waals surface area contributed by atoms with Crippen molar-refractivity contribution in [1.29, 1.82) is 0 Å². The lowest BCUT2D eigenvalue weighted by atomic mass is 9.98. The molecule has 7 nitrogen and oxygen atoms in total. The minimum atomic E-state index is -3.96. The summed E-state index contributed by atoms with van der Waals surface area (Å²) >= 11 is 11.1. The average molecular weight is 425 g/mol. The van der Waals surface area contributed by atoms with Crippen LogP contribution in [0.4, 0.5) is 0 Å². The van der Waals surface area contributed by atoms with Gasteiger partial charge in [0.05, 0.1) is 18.9 Å². The van der Waals surface area contributed by atoms with Gasteiger partial charge in [0.1, 0.15) is 10.6 Å². The molecule has 1 heterocycles. The Morgan fingerprint density at radius 3 is 2.52 bits per heavy atom. The lowest BCUT2D eigenvalue weighted by molar-refractivity contribution is 0.373. The molecule has 0 saturated heterocycles. The Morgan fingerprint density at radius 1 is 1.30 bits per heavy atom. The van der Waals surface area contributed by atoms with E-state index in [1.807, 2.05) is 12.1 Å². The van der Waals surface area contributed by atoms with E-state index < -0.39 is 10.0 Å². The van der Waals surface area contributed by atoms with Crippen molar-refractivity contribution >= 4 is 44.7 Å². The zero-order chi connectivity index (χ0) is 19.8. The van der Waals surface area contributed by atoms with Crippen LogP contribution in [-0.4, -0.2) is 31.4 Å². The molecule has 1 aliphatic heterocycles. The van der Waals surface area contributed by atoms with Crippen molar-refractivity contribution in [1.82, 2.24) is 5.01 Å². The Labute approximate surface area is 167 Å². The summed E-state index contributed by atoms with van der Waals surface area (Å²) in [6.45, 7) is 0. The zero-order valence-electron chi connectivity index (χ0n) is 14.3. The molecule has 1 unspecified atom stereocenters. The standard InChI is InChI=1S/C17H17ClN4O3S2/c1-25-15-7-4-11(8-16(15)27(20,23)24)13-9-14(22(21-13)17(19)26)10-2-5-12(18)6-3-10/h2-8,14H,9H2,1H3,(H2,19,26)(H2,20,23,24). The van der Waals surface area contributed by atoms with Gasteiger partial charge >= 0.3 is 0 Å². The van der Waals surface area contributed by atoms with Crippen LogP contribution < -0.4 is 15.6 Å². The summed E-state index contributed by atoms with van der Waals surface area (Å²) < 4.78 is 28.8. The lowest BCUT2D eigenvalue weighted by Crippen LogP contribution is -2.31. The molecule has 0 aromatic heterocycles. The van der Waals surface area contributed by atoms with Crippen LogP contribution in [-0.2, 0) is 10.0 Å². The van der Waals surface area contributed by atoms with E-state index in [2.05, 4.69) is 5.10 Å². The van der Waals surface area contributed by atoms with Crippen molar-refractivity contribution in [2.75, 3.05) is 7.11 Å². The highest BCUT2D eigenvalue weighted by atomic mass is 35.5. The van der Waals surface area contributed by atoms with E-state index >= 15 is 0 Å². The first kappa shape index (κ1) is 19.6. The molecule has 1 aliphatic rings. The van der Waals surface area contributed by atoms with Crippen molar-refractivity contribution in [3.8, 4) is 5.75 Å². The molecule has 0 aliphatic carbocycles. The molecule has 0 saturated carbocycles. The Morgan fingerprint density at radius 2 is 1.96 bits per heavy atom. The molecule has 0 spiro atoms. The van der Waals surface area contributed by atoms with Gasteiger partial charge in [-0.2, -0.15) is 5.10 Å². The summed E-state index contributed by atoms with van der Waals surface area (Å²) in [7, 11) is -2.58. The number of hydrazone groups is 1. The van der Waals surface area contributed by atoms with Crippen molar-refractivity contribution in [2.45, 2.75) is 17.4 Å². The van der Waals surface area contributed by atoms with Crippen molar-refractivity contribution < 1.29 is 13.2 Å². The fourth-order valence-electron chi connectivity index (χ4n) is 2.91. The maximum atomic E-state index is 11.9. The normalized spacial score (nSPS) is 16.9. The number of halogens is 1. The maximum absolute atomic E-state index is 11.9. The van der Waals surface area contributed by atoms with E-state index in [0.717, 1.165) is 5.56 Å². The molecule has 3 rings (SSSR count). The Bertz CT molecular complexity index is 1020. The summed E-state index contributed by atoms with van der Waals surface area (Å²) in [5.74, 6) is 0.167. The minimum Gasteiger partial charge on any atom is -0.495 e. The number of benzene rings is 2. The first-order chi connectivity index (χ1) is 12.7. The molecule has 1 atom stereocenters. The van der Waals surface area contributed by atoms with Crippen LogP contribution in [0.15, 0.2) is 52.5 Å². The zero-order valence-corrected chi connectivity index (χ0v) is 16.7. The van der Waals surface area contributed by atoms with Crippen LogP contribution in [0.2, 0.25) is 5.02 Å². The molecule has 2 aromatic rings. The average Bonchev–Trinajstić information content (AvgIpc) is 3.06. The number of nitrogens with zero attached hydrogens (tertiary/aromatic N) is 2. The van der Waals surface area contributed by atoms with Gasteiger partial charge in [-0.15, -0.1) is 0 Å². The Kier molecular flexibility index (Phi) is 5.38. The first-order valence-corrected chi connectivity index (χ1v) is 10.2. The number of rotatable bonds is 4. The van der Waals surface area contributed by atoms with Crippen LogP contribution in [0.3, 0.4) is 0 Å². The van der Waals surface area contributed by atoms with Gasteiger partial charge in [-0.05, 0) is 53.7 Å². The third kappa shape index (κ3) is 4.06. The second-order valence-electron chi connectivity index (χ2n) is 5.91. The highest BCUT2D eigenvalue weighted by Gasteiger charge is 2.31. The highest BCUT2D eigenvalue weighted by molar-refractivity contribution is 7.89. The van der Waals surface area contributed by atoms with Gasteiger partial charge < -0.3 is 10.5 Å². The number of sulfonamides is 1. The smallest absolute Gasteiger partial charge is 0.241 e.